The lowest BCUT2D eigenvalue weighted by atomic mass is 9.72. The van der Waals surface area contributed by atoms with Crippen molar-refractivity contribution in [1.29, 1.82) is 0 Å². The number of hydrogen-bond acceptors (Lipinski definition) is 14. The summed E-state index contributed by atoms with van der Waals surface area (Å²) in [6, 6.07) is 9.38. The van der Waals surface area contributed by atoms with E-state index in [0.29, 0.717) is 46.7 Å². The average molecular weight is 883 g/mol. The van der Waals surface area contributed by atoms with E-state index in [9.17, 15) is 38.0 Å². The Morgan fingerprint density at radius 3 is 1.81 bits per heavy atom. The molecule has 2 fully saturated rings. The molecular formula is C47H60F2N2O12. The molecule has 5 rings (SSSR count). The number of nitrogens with one attached hydrogen (secondary N) is 1. The molecule has 14 nitrogen and oxygen atoms in total. The summed E-state index contributed by atoms with van der Waals surface area (Å²) in [7, 11) is 2.56. The predicted molar refractivity (Wildman–Crippen MR) is 229 cm³/mol. The van der Waals surface area contributed by atoms with E-state index in [1.807, 2.05) is 0 Å². The van der Waals surface area contributed by atoms with Gasteiger partial charge in [-0.05, 0) is 88.5 Å². The van der Waals surface area contributed by atoms with Crippen molar-refractivity contribution < 1.29 is 66.0 Å². The third-order valence-corrected chi connectivity index (χ3v) is 10.2. The largest absolute Gasteiger partial charge is 0.466 e. The van der Waals surface area contributed by atoms with Crippen molar-refractivity contribution >= 4 is 41.9 Å². The molecule has 2 aromatic carbocycles. The second kappa shape index (κ2) is 27.0. The molecule has 16 heteroatoms. The molecule has 3 aliphatic rings. The summed E-state index contributed by atoms with van der Waals surface area (Å²) < 4.78 is 52.7. The predicted octanol–water partition coefficient (Wildman–Crippen LogP) is 7.45. The maximum absolute atomic E-state index is 15.1. The summed E-state index contributed by atoms with van der Waals surface area (Å²) in [4.78, 5) is 79.5. The lowest BCUT2D eigenvalue weighted by Gasteiger charge is -2.35. The fraction of sp³-hybridized carbons (Fsp3) is 0.468. The van der Waals surface area contributed by atoms with Gasteiger partial charge in [-0.15, -0.1) is 0 Å². The van der Waals surface area contributed by atoms with Crippen LogP contribution in [0.15, 0.2) is 70.7 Å². The molecule has 3 N–H and O–H groups in total. The number of halogens is 2. The van der Waals surface area contributed by atoms with Crippen LogP contribution in [0.25, 0.3) is 0 Å². The zero-order chi connectivity index (χ0) is 47.2. The van der Waals surface area contributed by atoms with Gasteiger partial charge < -0.3 is 34.7 Å². The number of hydrogen-bond donors (Lipinski definition) is 2. The van der Waals surface area contributed by atoms with Crippen LogP contribution in [0.2, 0.25) is 0 Å². The summed E-state index contributed by atoms with van der Waals surface area (Å²) in [5.41, 5.74) is 8.75. The van der Waals surface area contributed by atoms with Gasteiger partial charge in [-0.25, -0.2) is 23.2 Å². The number of allylic oxidation sites excluding steroid dienone is 2. The van der Waals surface area contributed by atoms with Crippen molar-refractivity contribution in [2.75, 3.05) is 34.0 Å². The van der Waals surface area contributed by atoms with Gasteiger partial charge in [0, 0.05) is 41.9 Å². The first-order valence-electron chi connectivity index (χ1n) is 20.8. The van der Waals surface area contributed by atoms with Crippen molar-refractivity contribution in [3.8, 4) is 0 Å². The average Bonchev–Trinajstić information content (AvgIpc) is 3.20. The number of ether oxygens (including phenoxy) is 5. The summed E-state index contributed by atoms with van der Waals surface area (Å²) in [5.74, 6) is -4.01. The van der Waals surface area contributed by atoms with Crippen LogP contribution in [0.4, 0.5) is 8.78 Å². The molecule has 0 bridgehead atoms. The summed E-state index contributed by atoms with van der Waals surface area (Å²) in [6.07, 6.45) is 8.12. The smallest absolute Gasteiger partial charge is 0.336 e. The molecule has 2 aliphatic carbocycles. The number of ketones is 1. The molecule has 1 atom stereocenters. The molecule has 2 saturated carbocycles. The Bertz CT molecular complexity index is 2050. The number of methoxy groups -OCH3 is 2. The van der Waals surface area contributed by atoms with Gasteiger partial charge in [0.25, 0.3) is 0 Å². The number of carbonyl (C=O) groups excluding carboxylic acids is 7. The second-order valence-corrected chi connectivity index (χ2v) is 14.6. The van der Waals surface area contributed by atoms with E-state index in [2.05, 4.69) is 14.8 Å². The standard InChI is InChI=1S/C24H28FNO6.C11H11FO.C7H12O3.C5H9NO2/c1-5-31-24(29)22-18(12-32-14(3)27)26-13(2)19(23(28)30-4)21(22)16-10-7-11-17(25)20(16)15-8-6-9-15;12-10-6-2-5-9(7-13)11(10)8-3-1-4-8;1-3-6(8)5-7(9)10-4-2;1-4(6)3-5(7)8-2/h7,10-11,15,21,26H,5-6,8-9,12H2,1-4H3;2,5-8H,1,3-4H2;3-5H2,1-2H3;3H,6H2,1-2H3/b;;;4-3-. The lowest BCUT2D eigenvalue weighted by molar-refractivity contribution is -0.146. The van der Waals surface area contributed by atoms with Gasteiger partial charge in [-0.3, -0.25) is 19.2 Å². The third-order valence-electron chi connectivity index (χ3n) is 10.2. The first-order valence-corrected chi connectivity index (χ1v) is 20.8. The normalized spacial score (nSPS) is 15.7. The Kier molecular flexibility index (Phi) is 22.7. The Balaban J connectivity index is 0.000000357. The topological polar surface area (TPSA) is 204 Å². The van der Waals surface area contributed by atoms with Gasteiger partial charge in [-0.1, -0.05) is 44.0 Å². The number of esters is 5. The van der Waals surface area contributed by atoms with Gasteiger partial charge in [0.15, 0.2) is 0 Å². The fourth-order valence-electron chi connectivity index (χ4n) is 6.79. The van der Waals surface area contributed by atoms with Crippen LogP contribution in [0, 0.1) is 11.6 Å². The molecule has 63 heavy (non-hydrogen) atoms. The van der Waals surface area contributed by atoms with E-state index in [1.165, 1.54) is 39.4 Å². The Morgan fingerprint density at radius 2 is 1.35 bits per heavy atom. The van der Waals surface area contributed by atoms with Gasteiger partial charge >= 0.3 is 29.8 Å². The summed E-state index contributed by atoms with van der Waals surface area (Å²) >= 11 is 0. The Morgan fingerprint density at radius 1 is 0.778 bits per heavy atom. The number of aldehydes is 1. The van der Waals surface area contributed by atoms with E-state index in [4.69, 9.17) is 19.9 Å². The zero-order valence-electron chi connectivity index (χ0n) is 37.4. The highest BCUT2D eigenvalue weighted by atomic mass is 19.1. The minimum Gasteiger partial charge on any atom is -0.466 e. The van der Waals surface area contributed by atoms with E-state index >= 15 is 4.39 Å². The number of carbonyl (C=O) groups is 7. The highest BCUT2D eigenvalue weighted by Gasteiger charge is 2.41. The SMILES string of the molecule is CCOC(=O)C1=C(COC(C)=O)NC(C)=C(C(=O)OC)C1c1cccc(F)c1C1CCC1.CCOC(=O)CC(=O)CC.COC(=O)/C=C(/C)N.O=Cc1cccc(F)c1C1CCC1. The van der Waals surface area contributed by atoms with E-state index in [-0.39, 0.29) is 65.7 Å². The summed E-state index contributed by atoms with van der Waals surface area (Å²) in [5, 5.41) is 3.00. The third kappa shape index (κ3) is 15.9. The Hall–Kier alpha value is -6.19. The van der Waals surface area contributed by atoms with Crippen molar-refractivity contribution in [3.63, 3.8) is 0 Å². The molecule has 344 valence electrons. The number of Topliss-reactive ketones (excluding diaryl/α,β-unsaturated/α-hetero) is 1. The molecule has 0 aromatic heterocycles. The van der Waals surface area contributed by atoms with Crippen LogP contribution in [-0.4, -0.2) is 76.0 Å². The van der Waals surface area contributed by atoms with E-state index in [1.54, 1.807) is 58.9 Å². The first kappa shape index (κ1) is 52.9. The van der Waals surface area contributed by atoms with Crippen LogP contribution in [-0.2, 0) is 52.5 Å². The quantitative estimate of drug-likeness (QED) is 0.0622. The lowest BCUT2D eigenvalue weighted by Crippen LogP contribution is -2.35. The molecule has 1 aliphatic heterocycles. The molecular weight excluding hydrogens is 823 g/mol. The highest BCUT2D eigenvalue weighted by Crippen LogP contribution is 2.47. The zero-order valence-corrected chi connectivity index (χ0v) is 37.4. The van der Waals surface area contributed by atoms with Crippen LogP contribution in [0.5, 0.6) is 0 Å². The number of dihydropyridines is 1. The molecule has 0 spiro atoms. The van der Waals surface area contributed by atoms with Crippen LogP contribution in [0.3, 0.4) is 0 Å². The van der Waals surface area contributed by atoms with Crippen LogP contribution < -0.4 is 11.1 Å². The second-order valence-electron chi connectivity index (χ2n) is 14.6. The molecule has 0 amide bonds. The minimum absolute atomic E-state index is 0.000605. The van der Waals surface area contributed by atoms with Crippen molar-refractivity contribution in [1.82, 2.24) is 5.32 Å². The molecule has 0 saturated heterocycles. The minimum atomic E-state index is -0.931. The number of benzene rings is 2. The maximum Gasteiger partial charge on any atom is 0.336 e. The van der Waals surface area contributed by atoms with Crippen LogP contribution in [0.1, 0.15) is 138 Å². The molecule has 2 aromatic rings. The van der Waals surface area contributed by atoms with E-state index in [0.717, 1.165) is 44.8 Å². The van der Waals surface area contributed by atoms with Crippen molar-refractivity contribution in [2.45, 2.75) is 111 Å². The van der Waals surface area contributed by atoms with Crippen molar-refractivity contribution in [2.24, 2.45) is 5.73 Å². The molecule has 0 radical (unpaired) electrons. The van der Waals surface area contributed by atoms with Gasteiger partial charge in [0.05, 0.1) is 50.2 Å². The van der Waals surface area contributed by atoms with Crippen molar-refractivity contribution in [3.05, 3.63) is 105 Å². The fourth-order valence-corrected chi connectivity index (χ4v) is 6.79. The summed E-state index contributed by atoms with van der Waals surface area (Å²) in [6.45, 7) is 9.87. The highest BCUT2D eigenvalue weighted by molar-refractivity contribution is 6.00. The monoisotopic (exact) mass is 882 g/mol. The number of rotatable bonds is 14. The van der Waals surface area contributed by atoms with Gasteiger partial charge in [0.2, 0.25) is 0 Å². The molecule has 1 unspecified atom stereocenters. The Labute approximate surface area is 367 Å². The van der Waals surface area contributed by atoms with Gasteiger partial charge in [0.1, 0.15) is 36.7 Å². The first-order chi connectivity index (χ1) is 30.0. The number of nitrogens with two attached hydrogens (primary N) is 1. The van der Waals surface area contributed by atoms with E-state index < -0.39 is 35.8 Å². The maximum atomic E-state index is 15.1. The molecule has 1 heterocycles. The van der Waals surface area contributed by atoms with Crippen LogP contribution >= 0.6 is 0 Å². The van der Waals surface area contributed by atoms with Gasteiger partial charge in [-0.2, -0.15) is 0 Å².